The molecule has 0 atom stereocenters. The molecule has 68 valence electrons. The Kier molecular flexibility index (Phi) is 11.3. The van der Waals surface area contributed by atoms with Crippen molar-refractivity contribution in [3.8, 4) is 0 Å². The van der Waals surface area contributed by atoms with E-state index in [2.05, 4.69) is 39.4 Å². The zero-order chi connectivity index (χ0) is 7.98. The van der Waals surface area contributed by atoms with Gasteiger partial charge in [0.05, 0.1) is 0 Å². The predicted octanol–water partition coefficient (Wildman–Crippen LogP) is 2.09. The molecule has 0 spiro atoms. The van der Waals surface area contributed by atoms with E-state index in [1.807, 2.05) is 0 Å². The SMILES string of the molecule is CC(C)[CH-]CNCC(C)C.[W]. The number of hydrogen-bond acceptors (Lipinski definition) is 1. The molecular formula is C9H20NW-. The van der Waals surface area contributed by atoms with Crippen LogP contribution < -0.4 is 5.32 Å². The van der Waals surface area contributed by atoms with Gasteiger partial charge >= 0.3 is 0 Å². The largest absolute Gasteiger partial charge is 0.346 e. The van der Waals surface area contributed by atoms with Crippen molar-refractivity contribution in [3.63, 3.8) is 0 Å². The van der Waals surface area contributed by atoms with Crippen molar-refractivity contribution in [2.75, 3.05) is 13.1 Å². The summed E-state index contributed by atoms with van der Waals surface area (Å²) in [6.07, 6.45) is 2.29. The van der Waals surface area contributed by atoms with E-state index in [1.165, 1.54) is 0 Å². The van der Waals surface area contributed by atoms with Crippen molar-refractivity contribution in [3.05, 3.63) is 6.42 Å². The number of rotatable bonds is 5. The van der Waals surface area contributed by atoms with E-state index < -0.39 is 0 Å². The summed E-state index contributed by atoms with van der Waals surface area (Å²) in [5, 5.41) is 3.36. The van der Waals surface area contributed by atoms with Crippen molar-refractivity contribution < 1.29 is 21.1 Å². The van der Waals surface area contributed by atoms with Crippen LogP contribution in [-0.4, -0.2) is 13.1 Å². The Morgan fingerprint density at radius 3 is 2.09 bits per heavy atom. The fourth-order valence-corrected chi connectivity index (χ4v) is 0.691. The quantitative estimate of drug-likeness (QED) is 0.603. The summed E-state index contributed by atoms with van der Waals surface area (Å²) in [5.74, 6) is 1.47. The average Bonchev–Trinajstić information content (AvgIpc) is 1.79. The van der Waals surface area contributed by atoms with Gasteiger partial charge in [-0.25, -0.2) is 0 Å². The predicted molar refractivity (Wildman–Crippen MR) is 46.8 cm³/mol. The molecule has 0 radical (unpaired) electrons. The average molecular weight is 326 g/mol. The molecule has 11 heavy (non-hydrogen) atoms. The monoisotopic (exact) mass is 326 g/mol. The van der Waals surface area contributed by atoms with Gasteiger partial charge in [0.15, 0.2) is 0 Å². The minimum atomic E-state index is 0. The van der Waals surface area contributed by atoms with Gasteiger partial charge in [0.25, 0.3) is 0 Å². The van der Waals surface area contributed by atoms with Gasteiger partial charge in [-0.2, -0.15) is 5.92 Å². The summed E-state index contributed by atoms with van der Waals surface area (Å²) in [4.78, 5) is 0. The van der Waals surface area contributed by atoms with Gasteiger partial charge in [-0.15, -0.1) is 6.54 Å². The van der Waals surface area contributed by atoms with Gasteiger partial charge in [-0.05, 0) is 12.5 Å². The van der Waals surface area contributed by atoms with Crippen LogP contribution >= 0.6 is 0 Å². The molecule has 0 unspecified atom stereocenters. The fourth-order valence-electron chi connectivity index (χ4n) is 0.691. The Morgan fingerprint density at radius 1 is 1.18 bits per heavy atom. The molecule has 0 aliphatic carbocycles. The zero-order valence-corrected chi connectivity index (χ0v) is 11.0. The summed E-state index contributed by atoms with van der Waals surface area (Å²) in [6, 6.07) is 0. The summed E-state index contributed by atoms with van der Waals surface area (Å²) in [6.45, 7) is 11.0. The maximum atomic E-state index is 3.36. The van der Waals surface area contributed by atoms with E-state index in [9.17, 15) is 0 Å². The second-order valence-electron chi connectivity index (χ2n) is 3.53. The van der Waals surface area contributed by atoms with Gasteiger partial charge < -0.3 is 11.7 Å². The first kappa shape index (κ1) is 14.2. The molecule has 0 rings (SSSR count). The van der Waals surface area contributed by atoms with Crippen LogP contribution in [0.25, 0.3) is 0 Å². The molecule has 0 saturated carbocycles. The van der Waals surface area contributed by atoms with Crippen molar-refractivity contribution in [1.82, 2.24) is 5.32 Å². The van der Waals surface area contributed by atoms with Gasteiger partial charge in [0.2, 0.25) is 0 Å². The van der Waals surface area contributed by atoms with E-state index in [-0.39, 0.29) is 21.1 Å². The zero-order valence-electron chi connectivity index (χ0n) is 8.05. The molecule has 0 aromatic carbocycles. The van der Waals surface area contributed by atoms with Crippen molar-refractivity contribution >= 4 is 0 Å². The fraction of sp³-hybridized carbons (Fsp3) is 0.889. The van der Waals surface area contributed by atoms with Crippen LogP contribution in [0.3, 0.4) is 0 Å². The minimum Gasteiger partial charge on any atom is -0.346 e. The normalized spacial score (nSPS) is 10.4. The van der Waals surface area contributed by atoms with E-state index in [4.69, 9.17) is 0 Å². The van der Waals surface area contributed by atoms with Crippen LogP contribution in [-0.2, 0) is 21.1 Å². The minimum absolute atomic E-state index is 0. The molecular weight excluding hydrogens is 306 g/mol. The Bertz CT molecular complexity index is 62.0. The second kappa shape index (κ2) is 8.74. The molecule has 1 nitrogen and oxygen atoms in total. The Morgan fingerprint density at radius 2 is 1.73 bits per heavy atom. The smallest absolute Gasteiger partial charge is 0 e. The van der Waals surface area contributed by atoms with E-state index in [0.717, 1.165) is 19.0 Å². The molecule has 0 fully saturated rings. The standard InChI is InChI=1S/C9H20N.W/c1-8(2)5-6-10-7-9(3)4;/h5,8-10H,6-7H2,1-4H3;/q-1;. The van der Waals surface area contributed by atoms with Crippen molar-refractivity contribution in [2.24, 2.45) is 11.8 Å². The molecule has 0 aliphatic rings. The van der Waals surface area contributed by atoms with Gasteiger partial charge in [-0.3, -0.25) is 0 Å². The second-order valence-corrected chi connectivity index (χ2v) is 3.53. The van der Waals surface area contributed by atoms with Crippen LogP contribution in [0, 0.1) is 18.3 Å². The van der Waals surface area contributed by atoms with Crippen LogP contribution in [0.5, 0.6) is 0 Å². The molecule has 1 N–H and O–H groups in total. The first-order valence-electron chi connectivity index (χ1n) is 4.17. The first-order chi connectivity index (χ1) is 4.63. The molecule has 2 heteroatoms. The topological polar surface area (TPSA) is 12.0 Å². The van der Waals surface area contributed by atoms with Crippen LogP contribution in [0.2, 0.25) is 0 Å². The van der Waals surface area contributed by atoms with Crippen molar-refractivity contribution in [1.29, 1.82) is 0 Å². The first-order valence-corrected chi connectivity index (χ1v) is 4.17. The van der Waals surface area contributed by atoms with Gasteiger partial charge in [0, 0.05) is 21.1 Å². The maximum Gasteiger partial charge on any atom is 0 e. The van der Waals surface area contributed by atoms with Crippen molar-refractivity contribution in [2.45, 2.75) is 27.7 Å². The Hall–Kier alpha value is 0.648. The van der Waals surface area contributed by atoms with Crippen LogP contribution in [0.15, 0.2) is 0 Å². The van der Waals surface area contributed by atoms with E-state index >= 15 is 0 Å². The van der Waals surface area contributed by atoms with Crippen LogP contribution in [0.1, 0.15) is 27.7 Å². The van der Waals surface area contributed by atoms with E-state index in [0.29, 0.717) is 5.92 Å². The number of hydrogen-bond donors (Lipinski definition) is 1. The Labute approximate surface area is 85.6 Å². The molecule has 0 aromatic heterocycles. The van der Waals surface area contributed by atoms with Gasteiger partial charge in [-0.1, -0.05) is 27.7 Å². The summed E-state index contributed by atoms with van der Waals surface area (Å²) >= 11 is 0. The summed E-state index contributed by atoms with van der Waals surface area (Å²) in [7, 11) is 0. The van der Waals surface area contributed by atoms with Gasteiger partial charge in [0.1, 0.15) is 0 Å². The number of nitrogens with one attached hydrogen (secondary N) is 1. The molecule has 0 aromatic rings. The Balaban J connectivity index is 0. The molecule has 0 saturated heterocycles. The molecule has 0 bridgehead atoms. The molecule has 0 heterocycles. The van der Waals surface area contributed by atoms with E-state index in [1.54, 1.807) is 0 Å². The third-order valence-corrected chi connectivity index (χ3v) is 1.29. The third kappa shape index (κ3) is 13.6. The molecule has 0 amide bonds. The van der Waals surface area contributed by atoms with Crippen LogP contribution in [0.4, 0.5) is 0 Å². The molecule has 0 aliphatic heterocycles. The maximum absolute atomic E-state index is 3.36. The third-order valence-electron chi connectivity index (χ3n) is 1.29. The summed E-state index contributed by atoms with van der Waals surface area (Å²) < 4.78 is 0. The summed E-state index contributed by atoms with van der Waals surface area (Å²) in [5.41, 5.74) is 0.